The normalized spacial score (nSPS) is 11.9. The lowest BCUT2D eigenvalue weighted by molar-refractivity contribution is 0.386. The van der Waals surface area contributed by atoms with Gasteiger partial charge in [-0.3, -0.25) is 0 Å². The van der Waals surface area contributed by atoms with Crippen LogP contribution in [0.4, 0.5) is 0 Å². The van der Waals surface area contributed by atoms with Crippen LogP contribution in [0.2, 0.25) is 5.02 Å². The number of hydrogen-bond donors (Lipinski definition) is 1. The number of benzene rings is 1. The van der Waals surface area contributed by atoms with Crippen molar-refractivity contribution in [2.75, 3.05) is 0 Å². The Morgan fingerprint density at radius 3 is 2.53 bits per heavy atom. The van der Waals surface area contributed by atoms with Crippen molar-refractivity contribution in [3.63, 3.8) is 0 Å². The average molecular weight is 279 g/mol. The Hall–Kier alpha value is -1.39. The lowest BCUT2D eigenvalue weighted by atomic mass is 10.0. The summed E-state index contributed by atoms with van der Waals surface area (Å²) in [6, 6.07) is 5.78. The maximum absolute atomic E-state index is 6.09. The fourth-order valence-electron chi connectivity index (χ4n) is 2.16. The van der Waals surface area contributed by atoms with E-state index in [1.54, 1.807) is 0 Å². The Morgan fingerprint density at radius 2 is 1.95 bits per heavy atom. The summed E-state index contributed by atoms with van der Waals surface area (Å²) in [4.78, 5) is 0. The van der Waals surface area contributed by atoms with Gasteiger partial charge in [-0.15, -0.1) is 10.2 Å². The van der Waals surface area contributed by atoms with Gasteiger partial charge in [0.25, 0.3) is 0 Å². The molecule has 0 atom stereocenters. The number of nitrogens with two attached hydrogens (primary N) is 1. The molecule has 0 radical (unpaired) electrons. The van der Waals surface area contributed by atoms with E-state index >= 15 is 0 Å². The molecule has 5 heteroatoms. The minimum absolute atomic E-state index is 0.137. The standard InChI is InChI=1S/C14H19ClN4/c1-9-5-6-10(15)7-11(9)13-18-17-12(8-16)19(13)14(2,3)4/h5-7H,8,16H2,1-4H3. The Bertz CT molecular complexity index is 596. The van der Waals surface area contributed by atoms with Gasteiger partial charge >= 0.3 is 0 Å². The molecule has 1 heterocycles. The summed E-state index contributed by atoms with van der Waals surface area (Å²) in [5.74, 6) is 1.59. The van der Waals surface area contributed by atoms with Crippen molar-refractivity contribution in [1.82, 2.24) is 14.8 Å². The van der Waals surface area contributed by atoms with Crippen LogP contribution in [0.25, 0.3) is 11.4 Å². The van der Waals surface area contributed by atoms with Gasteiger partial charge in [0.05, 0.1) is 6.54 Å². The molecule has 2 N–H and O–H groups in total. The highest BCUT2D eigenvalue weighted by Crippen LogP contribution is 2.29. The first-order chi connectivity index (χ1) is 8.84. The molecule has 0 aliphatic heterocycles. The number of rotatable bonds is 2. The molecule has 0 fully saturated rings. The fourth-order valence-corrected chi connectivity index (χ4v) is 2.34. The summed E-state index contributed by atoms with van der Waals surface area (Å²) in [6.45, 7) is 8.73. The predicted molar refractivity (Wildman–Crippen MR) is 78.1 cm³/mol. The van der Waals surface area contributed by atoms with Crippen LogP contribution in [-0.4, -0.2) is 14.8 Å². The lowest BCUT2D eigenvalue weighted by Gasteiger charge is -2.25. The van der Waals surface area contributed by atoms with E-state index < -0.39 is 0 Å². The molecule has 102 valence electrons. The first-order valence-electron chi connectivity index (χ1n) is 6.26. The van der Waals surface area contributed by atoms with Crippen molar-refractivity contribution in [3.8, 4) is 11.4 Å². The van der Waals surface area contributed by atoms with Gasteiger partial charge in [-0.2, -0.15) is 0 Å². The SMILES string of the molecule is Cc1ccc(Cl)cc1-c1nnc(CN)n1C(C)(C)C. The molecule has 2 aromatic rings. The second-order valence-corrected chi connectivity index (χ2v) is 6.05. The van der Waals surface area contributed by atoms with Crippen molar-refractivity contribution >= 4 is 11.6 Å². The largest absolute Gasteiger partial charge is 0.324 e. The van der Waals surface area contributed by atoms with Crippen molar-refractivity contribution in [1.29, 1.82) is 0 Å². The molecule has 19 heavy (non-hydrogen) atoms. The maximum Gasteiger partial charge on any atom is 0.164 e. The van der Waals surface area contributed by atoms with Crippen LogP contribution in [0.5, 0.6) is 0 Å². The van der Waals surface area contributed by atoms with Crippen LogP contribution < -0.4 is 5.73 Å². The van der Waals surface area contributed by atoms with Crippen molar-refractivity contribution in [3.05, 3.63) is 34.6 Å². The molecule has 1 aromatic carbocycles. The summed E-state index contributed by atoms with van der Waals surface area (Å²) in [7, 11) is 0. The maximum atomic E-state index is 6.09. The number of aromatic nitrogens is 3. The summed E-state index contributed by atoms with van der Waals surface area (Å²) in [5, 5.41) is 9.19. The molecule has 0 aliphatic rings. The van der Waals surface area contributed by atoms with Crippen molar-refractivity contribution < 1.29 is 0 Å². The van der Waals surface area contributed by atoms with Gasteiger partial charge in [-0.1, -0.05) is 17.7 Å². The Balaban J connectivity index is 2.69. The van der Waals surface area contributed by atoms with Gasteiger partial charge in [0, 0.05) is 16.1 Å². The monoisotopic (exact) mass is 278 g/mol. The summed E-state index contributed by atoms with van der Waals surface area (Å²) < 4.78 is 2.08. The number of hydrogen-bond acceptors (Lipinski definition) is 3. The highest BCUT2D eigenvalue weighted by atomic mass is 35.5. The topological polar surface area (TPSA) is 56.7 Å². The minimum Gasteiger partial charge on any atom is -0.324 e. The summed E-state index contributed by atoms with van der Waals surface area (Å²) in [6.07, 6.45) is 0. The van der Waals surface area contributed by atoms with Crippen LogP contribution in [0.3, 0.4) is 0 Å². The van der Waals surface area contributed by atoms with E-state index in [0.29, 0.717) is 11.6 Å². The van der Waals surface area contributed by atoms with E-state index in [0.717, 1.165) is 22.8 Å². The molecule has 2 rings (SSSR count). The third-order valence-corrected chi connectivity index (χ3v) is 3.26. The zero-order valence-corrected chi connectivity index (χ0v) is 12.5. The number of nitrogens with zero attached hydrogens (tertiary/aromatic N) is 3. The predicted octanol–water partition coefficient (Wildman–Crippen LogP) is 3.12. The van der Waals surface area contributed by atoms with Crippen molar-refractivity contribution in [2.24, 2.45) is 5.73 Å². The van der Waals surface area contributed by atoms with Crippen LogP contribution in [0.1, 0.15) is 32.2 Å². The number of aryl methyl sites for hydroxylation is 1. The van der Waals surface area contributed by atoms with E-state index in [2.05, 4.69) is 35.5 Å². The van der Waals surface area contributed by atoms with Crippen LogP contribution in [0.15, 0.2) is 18.2 Å². The third-order valence-electron chi connectivity index (χ3n) is 3.02. The van der Waals surface area contributed by atoms with Gasteiger partial charge < -0.3 is 10.3 Å². The first-order valence-corrected chi connectivity index (χ1v) is 6.63. The molecule has 0 saturated heterocycles. The zero-order chi connectivity index (χ0) is 14.2. The van der Waals surface area contributed by atoms with E-state index in [9.17, 15) is 0 Å². The molecule has 0 aliphatic carbocycles. The van der Waals surface area contributed by atoms with E-state index in [-0.39, 0.29) is 5.54 Å². The van der Waals surface area contributed by atoms with E-state index in [4.69, 9.17) is 17.3 Å². The number of halogens is 1. The molecular weight excluding hydrogens is 260 g/mol. The van der Waals surface area contributed by atoms with Gasteiger partial charge in [0.15, 0.2) is 5.82 Å². The Morgan fingerprint density at radius 1 is 1.26 bits per heavy atom. The fraction of sp³-hybridized carbons (Fsp3) is 0.429. The molecule has 0 unspecified atom stereocenters. The van der Waals surface area contributed by atoms with Gasteiger partial charge in [0.2, 0.25) is 0 Å². The van der Waals surface area contributed by atoms with E-state index in [1.807, 2.05) is 25.1 Å². The van der Waals surface area contributed by atoms with Crippen LogP contribution >= 0.6 is 11.6 Å². The molecule has 1 aromatic heterocycles. The van der Waals surface area contributed by atoms with Crippen LogP contribution in [0, 0.1) is 6.92 Å². The summed E-state index contributed by atoms with van der Waals surface area (Å²) in [5.41, 5.74) is 7.73. The highest BCUT2D eigenvalue weighted by molar-refractivity contribution is 6.30. The first kappa shape index (κ1) is 14.0. The quantitative estimate of drug-likeness (QED) is 0.918. The molecule has 0 amide bonds. The second-order valence-electron chi connectivity index (χ2n) is 5.61. The third kappa shape index (κ3) is 2.65. The van der Waals surface area contributed by atoms with Crippen LogP contribution in [-0.2, 0) is 12.1 Å². The molecule has 0 bridgehead atoms. The molecule has 4 nitrogen and oxygen atoms in total. The van der Waals surface area contributed by atoms with Gasteiger partial charge in [0.1, 0.15) is 5.82 Å². The highest BCUT2D eigenvalue weighted by Gasteiger charge is 2.24. The average Bonchev–Trinajstić information content (AvgIpc) is 2.75. The second kappa shape index (κ2) is 4.94. The minimum atomic E-state index is -0.137. The van der Waals surface area contributed by atoms with Gasteiger partial charge in [-0.05, 0) is 45.4 Å². The summed E-state index contributed by atoms with van der Waals surface area (Å²) >= 11 is 6.09. The molecular formula is C14H19ClN4. The Labute approximate surface area is 118 Å². The lowest BCUT2D eigenvalue weighted by Crippen LogP contribution is -2.26. The molecule has 0 spiro atoms. The van der Waals surface area contributed by atoms with E-state index in [1.165, 1.54) is 0 Å². The zero-order valence-electron chi connectivity index (χ0n) is 11.7. The van der Waals surface area contributed by atoms with Crippen molar-refractivity contribution in [2.45, 2.75) is 39.8 Å². The van der Waals surface area contributed by atoms with Gasteiger partial charge in [-0.25, -0.2) is 0 Å². The molecule has 0 saturated carbocycles. The Kier molecular flexibility index (Phi) is 3.65. The smallest absolute Gasteiger partial charge is 0.164 e.